The van der Waals surface area contributed by atoms with E-state index in [2.05, 4.69) is 29.7 Å². The Kier molecular flexibility index (Phi) is 7.74. The molecule has 0 aliphatic heterocycles. The molecule has 1 saturated carbocycles. The Morgan fingerprint density at radius 1 is 1.00 bits per heavy atom. The molecule has 4 aromatic rings. The molecule has 5 rings (SSSR count). The van der Waals surface area contributed by atoms with Crippen LogP contribution in [0.25, 0.3) is 22.8 Å². The Morgan fingerprint density at radius 3 is 2.34 bits per heavy atom. The van der Waals surface area contributed by atoms with E-state index in [0.29, 0.717) is 22.4 Å². The van der Waals surface area contributed by atoms with E-state index in [-0.39, 0.29) is 47.7 Å². The number of imidazole rings is 1. The topological polar surface area (TPSA) is 97.1 Å². The van der Waals surface area contributed by atoms with Crippen molar-refractivity contribution in [2.75, 3.05) is 7.11 Å². The minimum absolute atomic E-state index is 0.110. The molecule has 0 N–H and O–H groups in total. The van der Waals surface area contributed by atoms with Crippen LogP contribution >= 0.6 is 0 Å². The zero-order valence-corrected chi connectivity index (χ0v) is 22.2. The zero-order chi connectivity index (χ0) is 29.3. The molecular formula is C27H25F5N6O3. The van der Waals surface area contributed by atoms with Crippen molar-refractivity contribution in [2.24, 2.45) is 0 Å². The van der Waals surface area contributed by atoms with Gasteiger partial charge in [-0.15, -0.1) is 0 Å². The zero-order valence-electron chi connectivity index (χ0n) is 22.2. The van der Waals surface area contributed by atoms with Gasteiger partial charge in [0.05, 0.1) is 19.0 Å². The summed E-state index contributed by atoms with van der Waals surface area (Å²) in [5.74, 6) is 0.0962. The fraction of sp³-hybridized carbons (Fsp3) is 0.370. The predicted molar refractivity (Wildman–Crippen MR) is 136 cm³/mol. The predicted octanol–water partition coefficient (Wildman–Crippen LogP) is 6.46. The van der Waals surface area contributed by atoms with Crippen molar-refractivity contribution in [3.63, 3.8) is 0 Å². The van der Waals surface area contributed by atoms with Crippen molar-refractivity contribution in [1.29, 1.82) is 0 Å². The fourth-order valence-corrected chi connectivity index (χ4v) is 4.21. The van der Waals surface area contributed by atoms with Gasteiger partial charge in [-0.3, -0.25) is 0 Å². The summed E-state index contributed by atoms with van der Waals surface area (Å²) in [5, 5.41) is 0. The maximum Gasteiger partial charge on any atom is 0.434 e. The molecule has 0 bridgehead atoms. The van der Waals surface area contributed by atoms with Gasteiger partial charge >= 0.3 is 12.8 Å². The van der Waals surface area contributed by atoms with Crippen molar-refractivity contribution >= 4 is 0 Å². The minimum Gasteiger partial charge on any atom is -0.480 e. The molecule has 3 aromatic heterocycles. The molecule has 1 aromatic carbocycles. The van der Waals surface area contributed by atoms with E-state index < -0.39 is 18.5 Å². The second kappa shape index (κ2) is 11.3. The van der Waals surface area contributed by atoms with Gasteiger partial charge in [-0.25, -0.2) is 19.9 Å². The maximum atomic E-state index is 13.3. The highest BCUT2D eigenvalue weighted by atomic mass is 19.4. The largest absolute Gasteiger partial charge is 0.480 e. The van der Waals surface area contributed by atoms with Crippen LogP contribution in [0.5, 0.6) is 17.5 Å². The van der Waals surface area contributed by atoms with Crippen LogP contribution in [0.1, 0.15) is 55.6 Å². The molecule has 0 amide bonds. The Hall–Kier alpha value is -4.36. The summed E-state index contributed by atoms with van der Waals surface area (Å²) in [7, 11) is 1.44. The number of alkyl halides is 5. The van der Waals surface area contributed by atoms with Crippen molar-refractivity contribution < 1.29 is 36.2 Å². The first kappa shape index (κ1) is 28.2. The number of benzene rings is 1. The Labute approximate surface area is 231 Å². The molecule has 0 saturated heterocycles. The van der Waals surface area contributed by atoms with E-state index in [1.54, 1.807) is 38.1 Å². The summed E-state index contributed by atoms with van der Waals surface area (Å²) in [4.78, 5) is 20.8. The Balaban J connectivity index is 1.42. The van der Waals surface area contributed by atoms with Crippen LogP contribution in [0.2, 0.25) is 0 Å². The van der Waals surface area contributed by atoms with Crippen molar-refractivity contribution in [2.45, 2.75) is 58.0 Å². The number of hydrogen-bond donors (Lipinski definition) is 0. The first-order valence-electron chi connectivity index (χ1n) is 12.6. The van der Waals surface area contributed by atoms with Gasteiger partial charge < -0.3 is 18.8 Å². The van der Waals surface area contributed by atoms with Gasteiger partial charge in [0.1, 0.15) is 24.3 Å². The first-order valence-corrected chi connectivity index (χ1v) is 12.6. The third kappa shape index (κ3) is 6.20. The molecule has 0 atom stereocenters. The second-order valence-corrected chi connectivity index (χ2v) is 9.59. The van der Waals surface area contributed by atoms with Crippen LogP contribution in [-0.2, 0) is 12.8 Å². The van der Waals surface area contributed by atoms with Crippen LogP contribution in [0.15, 0.2) is 43.0 Å². The fourth-order valence-electron chi connectivity index (χ4n) is 4.21. The summed E-state index contributed by atoms with van der Waals surface area (Å²) in [5.41, 5.74) is 1.20. The standard InChI is InChI=1S/C27H25F5N6O3/c1-14(2)38-11-19(27(30,31)32)36-23(38)17-6-4-15(5-7-17)12-40-24-18(41-26(28)29)10-33-22(37-24)20-21(16-8-9-16)34-13-35-25(20)39-3/h4-7,10-11,13-14,16,26H,8-9,12H2,1-3H3. The first-order chi connectivity index (χ1) is 19.5. The molecule has 41 heavy (non-hydrogen) atoms. The van der Waals surface area contributed by atoms with E-state index in [0.717, 1.165) is 25.2 Å². The van der Waals surface area contributed by atoms with Crippen molar-refractivity contribution in [3.05, 3.63) is 59.9 Å². The summed E-state index contributed by atoms with van der Waals surface area (Å²) in [6.07, 6.45) is 0.715. The summed E-state index contributed by atoms with van der Waals surface area (Å²) in [6.45, 7) is 0.260. The number of ether oxygens (including phenoxy) is 3. The van der Waals surface area contributed by atoms with E-state index in [1.807, 2.05) is 0 Å². The highest BCUT2D eigenvalue weighted by molar-refractivity contribution is 5.66. The molecule has 1 fully saturated rings. The van der Waals surface area contributed by atoms with Crippen LogP contribution in [-0.4, -0.2) is 43.2 Å². The third-order valence-electron chi connectivity index (χ3n) is 6.33. The van der Waals surface area contributed by atoms with Gasteiger partial charge in [0, 0.05) is 23.7 Å². The minimum atomic E-state index is -4.58. The van der Waals surface area contributed by atoms with E-state index in [4.69, 9.17) is 9.47 Å². The molecule has 0 unspecified atom stereocenters. The smallest absolute Gasteiger partial charge is 0.434 e. The molecule has 9 nitrogen and oxygen atoms in total. The molecule has 0 radical (unpaired) electrons. The second-order valence-electron chi connectivity index (χ2n) is 9.59. The lowest BCUT2D eigenvalue weighted by Crippen LogP contribution is -2.08. The van der Waals surface area contributed by atoms with Gasteiger partial charge in [0.25, 0.3) is 5.88 Å². The highest BCUT2D eigenvalue weighted by Gasteiger charge is 2.35. The van der Waals surface area contributed by atoms with Gasteiger partial charge in [-0.2, -0.15) is 26.9 Å². The number of methoxy groups -OCH3 is 1. The summed E-state index contributed by atoms with van der Waals surface area (Å²) < 4.78 is 83.2. The molecular weight excluding hydrogens is 551 g/mol. The lowest BCUT2D eigenvalue weighted by Gasteiger charge is -2.15. The lowest BCUT2D eigenvalue weighted by atomic mass is 10.1. The molecule has 3 heterocycles. The number of aromatic nitrogens is 6. The van der Waals surface area contributed by atoms with Crippen molar-refractivity contribution in [1.82, 2.24) is 29.5 Å². The van der Waals surface area contributed by atoms with Gasteiger partial charge in [0.15, 0.2) is 11.5 Å². The third-order valence-corrected chi connectivity index (χ3v) is 6.33. The summed E-state index contributed by atoms with van der Waals surface area (Å²) >= 11 is 0. The average Bonchev–Trinajstić information content (AvgIpc) is 3.68. The van der Waals surface area contributed by atoms with Gasteiger partial charge in [-0.05, 0) is 32.3 Å². The highest BCUT2D eigenvalue weighted by Crippen LogP contribution is 2.45. The SMILES string of the molecule is COc1ncnc(C2CC2)c1-c1ncc(OC(F)F)c(OCc2ccc(-c3nc(C(F)(F)F)cn3C(C)C)cc2)n1. The van der Waals surface area contributed by atoms with Crippen LogP contribution in [0, 0.1) is 0 Å². The van der Waals surface area contributed by atoms with Gasteiger partial charge in [-0.1, -0.05) is 24.3 Å². The monoisotopic (exact) mass is 576 g/mol. The maximum absolute atomic E-state index is 13.3. The summed E-state index contributed by atoms with van der Waals surface area (Å²) in [6, 6.07) is 6.23. The van der Waals surface area contributed by atoms with E-state index in [9.17, 15) is 22.0 Å². The molecule has 1 aliphatic rings. The lowest BCUT2D eigenvalue weighted by molar-refractivity contribution is -0.140. The molecule has 216 valence electrons. The number of nitrogens with zero attached hydrogens (tertiary/aromatic N) is 6. The van der Waals surface area contributed by atoms with Gasteiger partial charge in [0.2, 0.25) is 11.6 Å². The Bertz CT molecular complexity index is 1520. The number of halogens is 5. The molecule has 1 aliphatic carbocycles. The quantitative estimate of drug-likeness (QED) is 0.198. The van der Waals surface area contributed by atoms with Crippen LogP contribution < -0.4 is 14.2 Å². The average molecular weight is 577 g/mol. The number of rotatable bonds is 10. The normalized spacial score (nSPS) is 13.6. The van der Waals surface area contributed by atoms with Crippen LogP contribution in [0.4, 0.5) is 22.0 Å². The molecule has 14 heteroatoms. The molecule has 0 spiro atoms. The van der Waals surface area contributed by atoms with Crippen LogP contribution in [0.3, 0.4) is 0 Å². The van der Waals surface area contributed by atoms with E-state index >= 15 is 0 Å². The van der Waals surface area contributed by atoms with Crippen molar-refractivity contribution in [3.8, 4) is 40.3 Å². The number of hydrogen-bond acceptors (Lipinski definition) is 8. The van der Waals surface area contributed by atoms with E-state index in [1.165, 1.54) is 18.0 Å². The Morgan fingerprint density at radius 2 is 1.73 bits per heavy atom.